The van der Waals surface area contributed by atoms with E-state index in [4.69, 9.17) is 5.73 Å². The fraction of sp³-hybridized carbons (Fsp3) is 0.417. The summed E-state index contributed by atoms with van der Waals surface area (Å²) >= 11 is 0. The Kier molecular flexibility index (Phi) is 12.9. The van der Waals surface area contributed by atoms with E-state index in [1.54, 1.807) is 25.3 Å². The van der Waals surface area contributed by atoms with Crippen molar-refractivity contribution in [1.29, 1.82) is 0 Å². The summed E-state index contributed by atoms with van der Waals surface area (Å²) in [7, 11) is 0. The molecule has 11 heteroatoms. The monoisotopic (exact) mass is 641 g/mol. The van der Waals surface area contributed by atoms with E-state index < -0.39 is 35.8 Å². The number of carbonyl (C=O) groups is 4. The van der Waals surface area contributed by atoms with Crippen molar-refractivity contribution < 1.29 is 19.2 Å². The zero-order chi connectivity index (χ0) is 33.8. The van der Waals surface area contributed by atoms with E-state index in [0.717, 1.165) is 36.1 Å². The normalized spacial score (nSPS) is 20.9. The van der Waals surface area contributed by atoms with Crippen LogP contribution in [0.25, 0.3) is 0 Å². The van der Waals surface area contributed by atoms with E-state index in [2.05, 4.69) is 31.2 Å². The second kappa shape index (κ2) is 17.2. The van der Waals surface area contributed by atoms with Gasteiger partial charge in [-0.1, -0.05) is 62.4 Å². The number of hydrogen-bond acceptors (Lipinski definition) is 7. The van der Waals surface area contributed by atoms with E-state index >= 15 is 0 Å². The molecule has 0 fully saturated rings. The Balaban J connectivity index is 1.60. The van der Waals surface area contributed by atoms with Gasteiger partial charge in [-0.25, -0.2) is 4.98 Å². The van der Waals surface area contributed by atoms with Gasteiger partial charge in [-0.05, 0) is 68.0 Å². The van der Waals surface area contributed by atoms with E-state index in [1.165, 1.54) is 0 Å². The SMILES string of the molecule is CC(C)C[C@@H]1NC(=O)[C@@H](Cc2ccccc2)NC(=O)c2ccc(cc2)CN(Cc2cccnc2N)CCCCNC(=O)[C@@H](C)NC1=O. The van der Waals surface area contributed by atoms with Gasteiger partial charge >= 0.3 is 0 Å². The summed E-state index contributed by atoms with van der Waals surface area (Å²) < 4.78 is 0. The predicted octanol–water partition coefficient (Wildman–Crippen LogP) is 2.95. The van der Waals surface area contributed by atoms with Gasteiger partial charge in [-0.15, -0.1) is 0 Å². The van der Waals surface area contributed by atoms with Crippen LogP contribution in [0.2, 0.25) is 0 Å². The van der Waals surface area contributed by atoms with Crippen LogP contribution < -0.4 is 27.0 Å². The molecule has 0 unspecified atom stereocenters. The lowest BCUT2D eigenvalue weighted by Gasteiger charge is -2.25. The number of pyridine rings is 1. The molecule has 3 aromatic rings. The van der Waals surface area contributed by atoms with E-state index in [1.807, 2.05) is 68.4 Å². The van der Waals surface area contributed by atoms with Crippen LogP contribution in [0.15, 0.2) is 72.9 Å². The third-order valence-corrected chi connectivity index (χ3v) is 8.14. The third-order valence-electron chi connectivity index (χ3n) is 8.14. The van der Waals surface area contributed by atoms with Gasteiger partial charge in [0.05, 0.1) is 0 Å². The highest BCUT2D eigenvalue weighted by Crippen LogP contribution is 2.16. The minimum atomic E-state index is -0.942. The number of carbonyl (C=O) groups excluding carboxylic acids is 4. The van der Waals surface area contributed by atoms with Crippen molar-refractivity contribution in [2.45, 2.75) is 77.7 Å². The zero-order valence-corrected chi connectivity index (χ0v) is 27.5. The lowest BCUT2D eigenvalue weighted by molar-refractivity contribution is -0.132. The van der Waals surface area contributed by atoms with Crippen molar-refractivity contribution in [3.8, 4) is 0 Å². The van der Waals surface area contributed by atoms with Gasteiger partial charge in [0, 0.05) is 43.4 Å². The smallest absolute Gasteiger partial charge is 0.251 e. The van der Waals surface area contributed by atoms with Crippen LogP contribution in [0.4, 0.5) is 5.82 Å². The van der Waals surface area contributed by atoms with Crippen LogP contribution >= 0.6 is 0 Å². The molecule has 11 nitrogen and oxygen atoms in total. The zero-order valence-electron chi connectivity index (χ0n) is 27.5. The first kappa shape index (κ1) is 35.1. The number of hydrogen-bond donors (Lipinski definition) is 5. The molecule has 47 heavy (non-hydrogen) atoms. The molecule has 6 N–H and O–H groups in total. The molecular formula is C36H47N7O4. The van der Waals surface area contributed by atoms with Crippen LogP contribution in [-0.2, 0) is 33.9 Å². The molecule has 250 valence electrons. The fourth-order valence-corrected chi connectivity index (χ4v) is 5.54. The number of rotatable bonds is 6. The molecular weight excluding hydrogens is 594 g/mol. The number of nitrogens with zero attached hydrogens (tertiary/aromatic N) is 2. The summed E-state index contributed by atoms with van der Waals surface area (Å²) in [6.45, 7) is 7.93. The molecule has 2 aromatic carbocycles. The second-order valence-electron chi connectivity index (χ2n) is 12.6. The molecule has 1 aromatic heterocycles. The van der Waals surface area contributed by atoms with Crippen molar-refractivity contribution in [1.82, 2.24) is 31.2 Å². The van der Waals surface area contributed by atoms with Crippen LogP contribution in [0.1, 0.15) is 67.1 Å². The molecule has 5 rings (SSSR count). The van der Waals surface area contributed by atoms with Crippen LogP contribution in [-0.4, -0.2) is 64.7 Å². The van der Waals surface area contributed by atoms with Crippen molar-refractivity contribution >= 4 is 29.4 Å². The fourth-order valence-electron chi connectivity index (χ4n) is 5.54. The highest BCUT2D eigenvalue weighted by Gasteiger charge is 2.29. The van der Waals surface area contributed by atoms with Crippen molar-refractivity contribution in [3.05, 3.63) is 95.2 Å². The quantitative estimate of drug-likeness (QED) is 0.259. The molecule has 2 aliphatic heterocycles. The van der Waals surface area contributed by atoms with Crippen molar-refractivity contribution in [3.63, 3.8) is 0 Å². The number of anilines is 1. The van der Waals surface area contributed by atoms with Gasteiger partial charge in [0.25, 0.3) is 5.91 Å². The molecule has 4 amide bonds. The van der Waals surface area contributed by atoms with E-state index in [9.17, 15) is 19.2 Å². The average molecular weight is 642 g/mol. The van der Waals surface area contributed by atoms with Crippen LogP contribution in [0, 0.1) is 5.92 Å². The largest absolute Gasteiger partial charge is 0.383 e. The molecule has 0 saturated heterocycles. The van der Waals surface area contributed by atoms with Crippen LogP contribution in [0.5, 0.6) is 0 Å². The number of amides is 4. The summed E-state index contributed by atoms with van der Waals surface area (Å²) in [5.74, 6) is -1.06. The first-order valence-corrected chi connectivity index (χ1v) is 16.3. The van der Waals surface area contributed by atoms with Crippen LogP contribution in [0.3, 0.4) is 0 Å². The maximum absolute atomic E-state index is 13.7. The van der Waals surface area contributed by atoms with Gasteiger partial charge in [0.15, 0.2) is 0 Å². The maximum Gasteiger partial charge on any atom is 0.251 e. The van der Waals surface area contributed by atoms with Crippen molar-refractivity contribution in [2.24, 2.45) is 5.92 Å². The molecule has 0 spiro atoms. The predicted molar refractivity (Wildman–Crippen MR) is 182 cm³/mol. The van der Waals surface area contributed by atoms with Gasteiger partial charge in [0.1, 0.15) is 23.9 Å². The van der Waals surface area contributed by atoms with Gasteiger partial charge in [-0.2, -0.15) is 0 Å². The summed E-state index contributed by atoms with van der Waals surface area (Å²) in [6, 6.07) is 17.9. The van der Waals surface area contributed by atoms with E-state index in [-0.39, 0.29) is 18.2 Å². The molecule has 3 atom stereocenters. The van der Waals surface area contributed by atoms with Gasteiger partial charge in [-0.3, -0.25) is 24.1 Å². The topological polar surface area (TPSA) is 159 Å². The van der Waals surface area contributed by atoms with Gasteiger partial charge in [0.2, 0.25) is 17.7 Å². The Morgan fingerprint density at radius 1 is 0.851 bits per heavy atom. The van der Waals surface area contributed by atoms with E-state index in [0.29, 0.717) is 37.4 Å². The molecule has 0 saturated carbocycles. The summed E-state index contributed by atoms with van der Waals surface area (Å²) in [5.41, 5.74) is 9.36. The molecule has 3 heterocycles. The molecule has 2 aliphatic rings. The number of fused-ring (bicyclic) bond motifs is 18. The minimum Gasteiger partial charge on any atom is -0.383 e. The lowest BCUT2D eigenvalue weighted by atomic mass is 10.0. The first-order chi connectivity index (χ1) is 22.6. The summed E-state index contributed by atoms with van der Waals surface area (Å²) in [4.78, 5) is 59.9. The number of benzene rings is 2. The third kappa shape index (κ3) is 10.9. The summed E-state index contributed by atoms with van der Waals surface area (Å²) in [5, 5.41) is 11.4. The van der Waals surface area contributed by atoms with Crippen molar-refractivity contribution in [2.75, 3.05) is 18.8 Å². The number of nitrogen functional groups attached to an aromatic ring is 1. The Morgan fingerprint density at radius 3 is 2.28 bits per heavy atom. The molecule has 0 radical (unpaired) electrons. The second-order valence-corrected chi connectivity index (χ2v) is 12.6. The summed E-state index contributed by atoms with van der Waals surface area (Å²) in [6.07, 6.45) is 3.81. The minimum absolute atomic E-state index is 0.0829. The maximum atomic E-state index is 13.7. The highest BCUT2D eigenvalue weighted by molar-refractivity contribution is 5.99. The molecule has 2 bridgehead atoms. The number of nitrogens with one attached hydrogen (secondary N) is 4. The highest BCUT2D eigenvalue weighted by atomic mass is 16.2. The Labute approximate surface area is 277 Å². The Hall–Kier alpha value is -4.77. The first-order valence-electron chi connectivity index (χ1n) is 16.3. The van der Waals surface area contributed by atoms with Gasteiger partial charge < -0.3 is 27.0 Å². The average Bonchev–Trinajstić information content (AvgIpc) is 3.04. The Morgan fingerprint density at radius 2 is 1.57 bits per heavy atom. The number of aromatic nitrogens is 1. The standard InChI is InChI=1S/C36H47N7O4/c1-24(2)20-30-35(46)40-25(3)33(44)39-17-7-8-19-43(23-29-12-9-18-38-32(29)37)22-27-13-15-28(16-14-27)34(45)41-31(36(47)42-30)21-26-10-5-4-6-11-26/h4-6,9-16,18,24-25,30-31H,7-8,17,19-23H2,1-3H3,(H2,37,38)(H,39,44)(H,40,46)(H,41,45)(H,42,47)/t25-,30+,31-/m1/s1. The molecule has 0 aliphatic carbocycles. The number of nitrogens with two attached hydrogens (primary N) is 1. The Bertz CT molecular complexity index is 1500. The lowest BCUT2D eigenvalue weighted by Crippen LogP contribution is -2.57.